The van der Waals surface area contributed by atoms with E-state index in [1.165, 1.54) is 18.1 Å². The van der Waals surface area contributed by atoms with Crippen molar-refractivity contribution in [2.75, 3.05) is 0 Å². The molecule has 0 spiro atoms. The van der Waals surface area contributed by atoms with Gasteiger partial charge in [-0.25, -0.2) is 0 Å². The normalized spacial score (nSPS) is 9.00. The summed E-state index contributed by atoms with van der Waals surface area (Å²) in [6.07, 6.45) is 0. The van der Waals surface area contributed by atoms with Crippen molar-refractivity contribution in [3.63, 3.8) is 0 Å². The van der Waals surface area contributed by atoms with E-state index in [4.69, 9.17) is 0 Å². The molecule has 0 saturated heterocycles. The van der Waals surface area contributed by atoms with Crippen LogP contribution in [0.5, 0.6) is 0 Å². The summed E-state index contributed by atoms with van der Waals surface area (Å²) >= 11 is 0. The Kier molecular flexibility index (Phi) is 10.5. The molecule has 0 unspecified atom stereocenters. The van der Waals surface area contributed by atoms with E-state index in [0.29, 0.717) is 0 Å². The first kappa shape index (κ1) is 11.3. The molecule has 0 saturated carbocycles. The van der Waals surface area contributed by atoms with Gasteiger partial charge in [-0.15, -0.1) is 0 Å². The van der Waals surface area contributed by atoms with Gasteiger partial charge in [-0.2, -0.15) is 0 Å². The Balaban J connectivity index is 0. The van der Waals surface area contributed by atoms with Gasteiger partial charge < -0.3 is 0 Å². The van der Waals surface area contributed by atoms with Crippen LogP contribution in [0.4, 0.5) is 0 Å². The number of hydrogen-bond donors (Lipinski definition) is 0. The van der Waals surface area contributed by atoms with Crippen LogP contribution in [0, 0.1) is 0 Å². The van der Waals surface area contributed by atoms with Crippen LogP contribution in [-0.4, -0.2) is 19.8 Å². The first-order chi connectivity index (χ1) is 3.35. The summed E-state index contributed by atoms with van der Waals surface area (Å²) in [5, 5.41) is 0. The summed E-state index contributed by atoms with van der Waals surface area (Å²) in [6.45, 7) is 6.97. The van der Waals surface area contributed by atoms with E-state index in [2.05, 4.69) is 20.8 Å². The zero-order chi connectivity index (χ0) is 5.70. The van der Waals surface area contributed by atoms with E-state index in [1.54, 1.807) is 0 Å². The number of rotatable bonds is 3. The molecule has 0 N–H and O–H groups in total. The summed E-state index contributed by atoms with van der Waals surface area (Å²) in [4.78, 5) is 0. The largest absolute Gasteiger partial charge is 0.0680 e. The molecule has 0 aliphatic heterocycles. The van der Waals surface area contributed by atoms with Crippen molar-refractivity contribution >= 4 is 19.8 Å². The average molecular weight is 148 g/mol. The van der Waals surface area contributed by atoms with E-state index >= 15 is 0 Å². The summed E-state index contributed by atoms with van der Waals surface area (Å²) in [7, 11) is -0.171. The zero-order valence-electron chi connectivity index (χ0n) is 5.70. The van der Waals surface area contributed by atoms with Gasteiger partial charge in [0.25, 0.3) is 0 Å². The summed E-state index contributed by atoms with van der Waals surface area (Å²) in [5.41, 5.74) is 0. The van der Waals surface area contributed by atoms with Crippen LogP contribution in [0.3, 0.4) is 0 Å². The van der Waals surface area contributed by atoms with E-state index in [9.17, 15) is 0 Å². The summed E-state index contributed by atoms with van der Waals surface area (Å²) in [5.74, 6) is 0. The maximum absolute atomic E-state index is 2.32. The SMILES string of the molecule is CC[SiH](CC)CC.[SiH4]. The van der Waals surface area contributed by atoms with Crippen LogP contribution in [0.25, 0.3) is 0 Å². The molecular weight excluding hydrogens is 128 g/mol. The second kappa shape index (κ2) is 7.43. The van der Waals surface area contributed by atoms with Gasteiger partial charge >= 0.3 is 0 Å². The third kappa shape index (κ3) is 4.59. The lowest BCUT2D eigenvalue weighted by Gasteiger charge is -2.03. The highest BCUT2D eigenvalue weighted by Gasteiger charge is 1.98. The van der Waals surface area contributed by atoms with Crippen molar-refractivity contribution in [2.45, 2.75) is 38.9 Å². The minimum absolute atomic E-state index is 0. The molecule has 0 fully saturated rings. The van der Waals surface area contributed by atoms with Gasteiger partial charge in [0.05, 0.1) is 0 Å². The third-order valence-electron chi connectivity index (χ3n) is 1.73. The molecule has 0 aromatic carbocycles. The second-order valence-electron chi connectivity index (χ2n) is 2.09. The summed E-state index contributed by atoms with van der Waals surface area (Å²) in [6, 6.07) is 4.48. The topological polar surface area (TPSA) is 0 Å². The lowest BCUT2D eigenvalue weighted by atomic mass is 10.9. The van der Waals surface area contributed by atoms with Gasteiger partial charge in [0.15, 0.2) is 0 Å². The molecule has 0 aliphatic rings. The van der Waals surface area contributed by atoms with Crippen molar-refractivity contribution in [3.8, 4) is 0 Å². The molecule has 2 heteroatoms. The Labute approximate surface area is 59.3 Å². The van der Waals surface area contributed by atoms with Gasteiger partial charge in [0.2, 0.25) is 0 Å². The van der Waals surface area contributed by atoms with Crippen LogP contribution in [0.15, 0.2) is 0 Å². The van der Waals surface area contributed by atoms with Gasteiger partial charge in [-0.3, -0.25) is 0 Å². The molecule has 0 bridgehead atoms. The molecule has 0 radical (unpaired) electrons. The van der Waals surface area contributed by atoms with Gasteiger partial charge in [0, 0.05) is 8.80 Å². The van der Waals surface area contributed by atoms with Crippen molar-refractivity contribution in [1.29, 1.82) is 0 Å². The van der Waals surface area contributed by atoms with Crippen molar-refractivity contribution < 1.29 is 0 Å². The highest BCUT2D eigenvalue weighted by Crippen LogP contribution is 2.01. The maximum atomic E-state index is 2.32. The summed E-state index contributed by atoms with van der Waals surface area (Å²) < 4.78 is 0. The quantitative estimate of drug-likeness (QED) is 0.520. The molecule has 0 amide bonds. The maximum Gasteiger partial charge on any atom is 0.0359 e. The second-order valence-corrected chi connectivity index (χ2v) is 6.27. The van der Waals surface area contributed by atoms with E-state index < -0.39 is 0 Å². The lowest BCUT2D eigenvalue weighted by Crippen LogP contribution is -2.04. The Morgan fingerprint density at radius 2 is 1.12 bits per heavy atom. The highest BCUT2D eigenvalue weighted by atomic mass is 28.3. The van der Waals surface area contributed by atoms with Crippen LogP contribution >= 0.6 is 0 Å². The van der Waals surface area contributed by atoms with Crippen molar-refractivity contribution in [1.82, 2.24) is 0 Å². The molecule has 0 rings (SSSR count). The molecule has 0 aromatic rings. The monoisotopic (exact) mass is 148 g/mol. The van der Waals surface area contributed by atoms with Crippen LogP contribution in [-0.2, 0) is 0 Å². The molecule has 0 nitrogen and oxygen atoms in total. The molecule has 0 atom stereocenters. The minimum Gasteiger partial charge on any atom is -0.0680 e. The van der Waals surface area contributed by atoms with Crippen molar-refractivity contribution in [2.24, 2.45) is 0 Å². The molecular formula is C6H20Si2. The van der Waals surface area contributed by atoms with Gasteiger partial charge in [-0.1, -0.05) is 38.9 Å². The van der Waals surface area contributed by atoms with Gasteiger partial charge in [0.1, 0.15) is 0 Å². The molecule has 0 heterocycles. The Hall–Kier alpha value is 0.434. The van der Waals surface area contributed by atoms with E-state index in [-0.39, 0.29) is 19.8 Å². The third-order valence-corrected chi connectivity index (χ3v) is 5.20. The smallest absolute Gasteiger partial charge is 0.0359 e. The minimum atomic E-state index is -0.171. The van der Waals surface area contributed by atoms with Crippen LogP contribution in [0.2, 0.25) is 18.1 Å². The van der Waals surface area contributed by atoms with Crippen LogP contribution in [0.1, 0.15) is 20.8 Å². The molecule has 0 aliphatic carbocycles. The fourth-order valence-corrected chi connectivity index (χ4v) is 2.60. The fourth-order valence-electron chi connectivity index (χ4n) is 0.866. The predicted octanol–water partition coefficient (Wildman–Crippen LogP) is 0.822. The fraction of sp³-hybridized carbons (Fsp3) is 1.00. The highest BCUT2D eigenvalue weighted by molar-refractivity contribution is 6.58. The Morgan fingerprint density at radius 1 is 0.875 bits per heavy atom. The first-order valence-corrected chi connectivity index (χ1v) is 5.80. The Morgan fingerprint density at radius 3 is 1.12 bits per heavy atom. The predicted molar refractivity (Wildman–Crippen MR) is 49.9 cm³/mol. The molecule has 52 valence electrons. The average Bonchev–Trinajstić information content (AvgIpc) is 1.72. The van der Waals surface area contributed by atoms with Crippen LogP contribution < -0.4 is 0 Å². The van der Waals surface area contributed by atoms with Gasteiger partial charge in [-0.05, 0) is 11.0 Å². The lowest BCUT2D eigenvalue weighted by molar-refractivity contribution is 1.24. The molecule has 8 heavy (non-hydrogen) atoms. The first-order valence-electron chi connectivity index (χ1n) is 3.35. The van der Waals surface area contributed by atoms with Crippen molar-refractivity contribution in [3.05, 3.63) is 0 Å². The molecule has 0 aromatic heterocycles. The number of hydrogen-bond acceptors (Lipinski definition) is 0. The van der Waals surface area contributed by atoms with E-state index in [1.807, 2.05) is 0 Å². The Bertz CT molecular complexity index is 28.0. The zero-order valence-corrected chi connectivity index (χ0v) is 6.85. The van der Waals surface area contributed by atoms with E-state index in [0.717, 1.165) is 0 Å². The standard InChI is InChI=1S/C6H16Si.H4Si/c1-4-7(5-2)6-3;/h7H,4-6H2,1-3H3;1H4.